The Morgan fingerprint density at radius 3 is 2.69 bits per heavy atom. The molecular formula is C20H21N3O5S. The largest absolute Gasteiger partial charge is 0.491 e. The zero-order valence-electron chi connectivity index (χ0n) is 16.1. The lowest BCUT2D eigenvalue weighted by molar-refractivity contribution is -0.119. The molecule has 1 saturated heterocycles. The molecule has 2 N–H and O–H groups in total. The lowest BCUT2D eigenvalue weighted by Gasteiger charge is -2.17. The lowest BCUT2D eigenvalue weighted by Crippen LogP contribution is -2.31. The van der Waals surface area contributed by atoms with Gasteiger partial charge in [-0.15, -0.1) is 0 Å². The molecule has 3 heterocycles. The summed E-state index contributed by atoms with van der Waals surface area (Å²) in [7, 11) is -1.77. The fourth-order valence-corrected chi connectivity index (χ4v) is 4.19. The van der Waals surface area contributed by atoms with E-state index in [-0.39, 0.29) is 29.0 Å². The van der Waals surface area contributed by atoms with Gasteiger partial charge >= 0.3 is 0 Å². The Kier molecular flexibility index (Phi) is 4.70. The Labute approximate surface area is 167 Å². The number of hydrogen-bond donors (Lipinski definition) is 2. The molecule has 1 aliphatic heterocycles. The van der Waals surface area contributed by atoms with Crippen LogP contribution in [-0.4, -0.2) is 42.8 Å². The van der Waals surface area contributed by atoms with Crippen molar-refractivity contribution in [1.29, 1.82) is 0 Å². The normalized spacial score (nSPS) is 16.9. The van der Waals surface area contributed by atoms with E-state index in [2.05, 4.69) is 10.3 Å². The molecule has 1 amide bonds. The maximum atomic E-state index is 12.4. The van der Waals surface area contributed by atoms with Crippen LogP contribution in [0.4, 0.5) is 0 Å². The molecule has 0 saturated carbocycles. The standard InChI is InChI=1S/C20H21N3O5S/c1-23-10-16(15-7-8-21-19(15)20(23)25)14-5-4-13(29(2,26)27)9-17(14)28-11-12-3-6-18(24)22-12/h4-5,7-10,12,21H,3,6,11H2,1-2H3,(H,22,24)/t12-/m0/s1. The predicted molar refractivity (Wildman–Crippen MR) is 109 cm³/mol. The number of ether oxygens (including phenoxy) is 1. The molecule has 8 nitrogen and oxygen atoms in total. The summed E-state index contributed by atoms with van der Waals surface area (Å²) in [4.78, 5) is 26.9. The summed E-state index contributed by atoms with van der Waals surface area (Å²) in [5.41, 5.74) is 1.72. The molecule has 1 aliphatic rings. The molecule has 3 aromatic rings. The van der Waals surface area contributed by atoms with Crippen molar-refractivity contribution in [2.45, 2.75) is 23.8 Å². The van der Waals surface area contributed by atoms with Gasteiger partial charge in [-0.25, -0.2) is 8.42 Å². The minimum Gasteiger partial charge on any atom is -0.491 e. The highest BCUT2D eigenvalue weighted by atomic mass is 32.2. The van der Waals surface area contributed by atoms with E-state index < -0.39 is 9.84 Å². The highest BCUT2D eigenvalue weighted by Gasteiger charge is 2.23. The number of nitrogens with one attached hydrogen (secondary N) is 2. The smallest absolute Gasteiger partial charge is 0.274 e. The van der Waals surface area contributed by atoms with Crippen molar-refractivity contribution in [3.63, 3.8) is 0 Å². The number of hydrogen-bond acceptors (Lipinski definition) is 5. The summed E-state index contributed by atoms with van der Waals surface area (Å²) in [6.45, 7) is 0.230. The number of benzene rings is 1. The zero-order valence-corrected chi connectivity index (χ0v) is 16.9. The number of sulfone groups is 1. The molecule has 1 atom stereocenters. The van der Waals surface area contributed by atoms with Gasteiger partial charge in [0.05, 0.1) is 10.9 Å². The molecule has 1 fully saturated rings. The van der Waals surface area contributed by atoms with Gasteiger partial charge in [0.2, 0.25) is 5.91 Å². The monoisotopic (exact) mass is 415 g/mol. The van der Waals surface area contributed by atoms with Crippen molar-refractivity contribution in [2.24, 2.45) is 7.05 Å². The van der Waals surface area contributed by atoms with Gasteiger partial charge in [-0.05, 0) is 30.7 Å². The number of nitrogens with zero attached hydrogens (tertiary/aromatic N) is 1. The molecule has 0 aliphatic carbocycles. The van der Waals surface area contributed by atoms with Crippen molar-refractivity contribution in [3.05, 3.63) is 47.0 Å². The Morgan fingerprint density at radius 1 is 1.21 bits per heavy atom. The molecule has 0 radical (unpaired) electrons. The number of carbonyl (C=O) groups is 1. The minimum absolute atomic E-state index is 0.0178. The lowest BCUT2D eigenvalue weighted by atomic mass is 10.0. The highest BCUT2D eigenvalue weighted by molar-refractivity contribution is 7.90. The fraction of sp³-hybridized carbons (Fsp3) is 0.300. The summed E-state index contributed by atoms with van der Waals surface area (Å²) in [5.74, 6) is 0.367. The van der Waals surface area contributed by atoms with Crippen molar-refractivity contribution in [1.82, 2.24) is 14.9 Å². The second-order valence-corrected chi connectivity index (χ2v) is 9.29. The van der Waals surface area contributed by atoms with Gasteiger partial charge in [0.15, 0.2) is 9.84 Å². The number of fused-ring (bicyclic) bond motifs is 1. The number of H-pyrrole nitrogens is 1. The first kappa shape index (κ1) is 19.3. The van der Waals surface area contributed by atoms with Crippen LogP contribution >= 0.6 is 0 Å². The fourth-order valence-electron chi connectivity index (χ4n) is 3.55. The van der Waals surface area contributed by atoms with Gasteiger partial charge in [-0.3, -0.25) is 9.59 Å². The highest BCUT2D eigenvalue weighted by Crippen LogP contribution is 2.36. The quantitative estimate of drug-likeness (QED) is 0.658. The summed E-state index contributed by atoms with van der Waals surface area (Å²) < 4.78 is 31.5. The van der Waals surface area contributed by atoms with Crippen LogP contribution in [0.15, 0.2) is 46.3 Å². The first-order chi connectivity index (χ1) is 13.7. The third-order valence-electron chi connectivity index (χ3n) is 5.09. The average molecular weight is 415 g/mol. The SMILES string of the molecule is Cn1cc(-c2ccc(S(C)(=O)=O)cc2OC[C@@H]2CCC(=O)N2)c2cc[nH]c2c1=O. The number of aryl methyl sites for hydroxylation is 1. The van der Waals surface area contributed by atoms with E-state index in [0.717, 1.165) is 17.2 Å². The topological polar surface area (TPSA) is 110 Å². The maximum Gasteiger partial charge on any atom is 0.274 e. The van der Waals surface area contributed by atoms with Crippen molar-refractivity contribution in [3.8, 4) is 16.9 Å². The van der Waals surface area contributed by atoms with Crippen LogP contribution in [0.25, 0.3) is 22.0 Å². The number of amides is 1. The predicted octanol–water partition coefficient (Wildman–Crippen LogP) is 1.59. The van der Waals surface area contributed by atoms with E-state index >= 15 is 0 Å². The van der Waals surface area contributed by atoms with Gasteiger partial charge in [-0.1, -0.05) is 0 Å². The molecule has 2 aromatic heterocycles. The van der Waals surface area contributed by atoms with Crippen LogP contribution in [-0.2, 0) is 21.7 Å². The Bertz CT molecular complexity index is 1270. The molecule has 4 rings (SSSR count). The van der Waals surface area contributed by atoms with E-state index in [1.807, 2.05) is 0 Å². The van der Waals surface area contributed by atoms with E-state index in [9.17, 15) is 18.0 Å². The molecule has 29 heavy (non-hydrogen) atoms. The average Bonchev–Trinajstić information content (AvgIpc) is 3.31. The third-order valence-corrected chi connectivity index (χ3v) is 6.20. The minimum atomic E-state index is -3.43. The van der Waals surface area contributed by atoms with Crippen molar-refractivity contribution < 1.29 is 17.9 Å². The molecule has 9 heteroatoms. The molecule has 0 bridgehead atoms. The number of aromatic amines is 1. The molecule has 0 unspecified atom stereocenters. The van der Waals surface area contributed by atoms with Crippen LogP contribution in [0.5, 0.6) is 5.75 Å². The van der Waals surface area contributed by atoms with Gasteiger partial charge in [-0.2, -0.15) is 0 Å². The second-order valence-electron chi connectivity index (χ2n) is 7.27. The molecule has 0 spiro atoms. The van der Waals surface area contributed by atoms with Gasteiger partial charge in [0.25, 0.3) is 5.56 Å². The zero-order chi connectivity index (χ0) is 20.8. The maximum absolute atomic E-state index is 12.4. The van der Waals surface area contributed by atoms with Crippen LogP contribution in [0.1, 0.15) is 12.8 Å². The number of aromatic nitrogens is 2. The summed E-state index contributed by atoms with van der Waals surface area (Å²) in [5, 5.41) is 3.56. The number of carbonyl (C=O) groups excluding carboxylic acids is 1. The van der Waals surface area contributed by atoms with Crippen LogP contribution < -0.4 is 15.6 Å². The Hall–Kier alpha value is -3.07. The summed E-state index contributed by atoms with van der Waals surface area (Å²) in [6.07, 6.45) is 5.66. The van der Waals surface area contributed by atoms with Gasteiger partial charge in [0.1, 0.15) is 17.9 Å². The molecular weight excluding hydrogens is 394 g/mol. The number of pyridine rings is 1. The molecule has 152 valence electrons. The van der Waals surface area contributed by atoms with E-state index in [4.69, 9.17) is 4.74 Å². The Balaban J connectivity index is 1.82. The number of rotatable bonds is 5. The van der Waals surface area contributed by atoms with E-state index in [0.29, 0.717) is 29.7 Å². The van der Waals surface area contributed by atoms with E-state index in [1.54, 1.807) is 31.6 Å². The molecule has 1 aromatic carbocycles. The van der Waals surface area contributed by atoms with Gasteiger partial charge in [0, 0.05) is 48.6 Å². The summed E-state index contributed by atoms with van der Waals surface area (Å²) >= 11 is 0. The van der Waals surface area contributed by atoms with Crippen LogP contribution in [0.3, 0.4) is 0 Å². The van der Waals surface area contributed by atoms with Crippen LogP contribution in [0.2, 0.25) is 0 Å². The van der Waals surface area contributed by atoms with Crippen LogP contribution in [0, 0.1) is 0 Å². The van der Waals surface area contributed by atoms with Gasteiger partial charge < -0.3 is 19.6 Å². The van der Waals surface area contributed by atoms with E-state index in [1.165, 1.54) is 16.7 Å². The second kappa shape index (κ2) is 7.07. The van der Waals surface area contributed by atoms with Crippen molar-refractivity contribution in [2.75, 3.05) is 12.9 Å². The third kappa shape index (κ3) is 3.65. The Morgan fingerprint density at radius 2 is 2.00 bits per heavy atom. The van der Waals surface area contributed by atoms with Crippen molar-refractivity contribution >= 4 is 26.6 Å². The first-order valence-corrected chi connectivity index (χ1v) is 11.1. The summed E-state index contributed by atoms with van der Waals surface area (Å²) in [6, 6.07) is 6.39. The first-order valence-electron chi connectivity index (χ1n) is 9.17.